The number of pyridine rings is 1. The van der Waals surface area contributed by atoms with E-state index in [0.29, 0.717) is 31.9 Å². The van der Waals surface area contributed by atoms with E-state index in [0.717, 1.165) is 5.69 Å². The SMILES string of the molecule is CCN(CC)C(=O)c1cc(NCCOC(C)C)ccn1. The van der Waals surface area contributed by atoms with Crippen molar-refractivity contribution in [2.24, 2.45) is 0 Å². The molecule has 0 aliphatic rings. The van der Waals surface area contributed by atoms with Crippen molar-refractivity contribution in [3.63, 3.8) is 0 Å². The third kappa shape index (κ3) is 5.17. The van der Waals surface area contributed by atoms with E-state index < -0.39 is 0 Å². The Labute approximate surface area is 121 Å². The van der Waals surface area contributed by atoms with E-state index in [2.05, 4.69) is 10.3 Å². The molecule has 1 N–H and O–H groups in total. The maximum absolute atomic E-state index is 12.2. The Kier molecular flexibility index (Phi) is 7.01. The van der Waals surface area contributed by atoms with Crippen LogP contribution in [0.15, 0.2) is 18.3 Å². The molecular formula is C15H25N3O2. The van der Waals surface area contributed by atoms with E-state index in [1.165, 1.54) is 0 Å². The molecule has 1 aromatic rings. The van der Waals surface area contributed by atoms with Gasteiger partial charge in [0.2, 0.25) is 0 Å². The van der Waals surface area contributed by atoms with E-state index in [1.54, 1.807) is 17.2 Å². The predicted octanol–water partition coefficient (Wildman–Crippen LogP) is 2.40. The molecule has 0 aromatic carbocycles. The molecule has 0 bridgehead atoms. The molecule has 1 rings (SSSR count). The highest BCUT2D eigenvalue weighted by Crippen LogP contribution is 2.10. The van der Waals surface area contributed by atoms with Crippen LogP contribution in [0.4, 0.5) is 5.69 Å². The molecule has 0 spiro atoms. The molecule has 0 aliphatic carbocycles. The lowest BCUT2D eigenvalue weighted by Gasteiger charge is -2.18. The number of hydrogen-bond acceptors (Lipinski definition) is 4. The average molecular weight is 279 g/mol. The minimum Gasteiger partial charge on any atom is -0.383 e. The minimum atomic E-state index is -0.0305. The van der Waals surface area contributed by atoms with Crippen LogP contribution >= 0.6 is 0 Å². The molecule has 112 valence electrons. The van der Waals surface area contributed by atoms with Gasteiger partial charge >= 0.3 is 0 Å². The van der Waals surface area contributed by atoms with Crippen molar-refractivity contribution in [2.75, 3.05) is 31.6 Å². The lowest BCUT2D eigenvalue weighted by molar-refractivity contribution is 0.0767. The van der Waals surface area contributed by atoms with Crippen LogP contribution in [-0.4, -0.2) is 48.1 Å². The Hall–Kier alpha value is -1.62. The maximum atomic E-state index is 12.2. The summed E-state index contributed by atoms with van der Waals surface area (Å²) in [6.45, 7) is 10.7. The average Bonchev–Trinajstić information content (AvgIpc) is 2.45. The van der Waals surface area contributed by atoms with Gasteiger partial charge in [-0.3, -0.25) is 9.78 Å². The Balaban J connectivity index is 2.59. The number of nitrogens with one attached hydrogen (secondary N) is 1. The first-order valence-electron chi connectivity index (χ1n) is 7.19. The number of anilines is 1. The summed E-state index contributed by atoms with van der Waals surface area (Å²) in [5.41, 5.74) is 1.37. The second kappa shape index (κ2) is 8.53. The molecular weight excluding hydrogens is 254 g/mol. The summed E-state index contributed by atoms with van der Waals surface area (Å²) in [5.74, 6) is -0.0305. The Bertz CT molecular complexity index is 417. The first-order chi connectivity index (χ1) is 9.58. The molecule has 1 heterocycles. The van der Waals surface area contributed by atoms with Gasteiger partial charge in [-0.2, -0.15) is 0 Å². The van der Waals surface area contributed by atoms with Crippen LogP contribution in [0, 0.1) is 0 Å². The van der Waals surface area contributed by atoms with Gasteiger partial charge in [0.15, 0.2) is 0 Å². The minimum absolute atomic E-state index is 0.0305. The van der Waals surface area contributed by atoms with Crippen LogP contribution in [0.3, 0.4) is 0 Å². The number of carbonyl (C=O) groups excluding carboxylic acids is 1. The van der Waals surface area contributed by atoms with Crippen LogP contribution in [-0.2, 0) is 4.74 Å². The van der Waals surface area contributed by atoms with Gasteiger partial charge in [0.05, 0.1) is 12.7 Å². The number of rotatable bonds is 8. The largest absolute Gasteiger partial charge is 0.383 e. The van der Waals surface area contributed by atoms with Crippen molar-refractivity contribution >= 4 is 11.6 Å². The van der Waals surface area contributed by atoms with Gasteiger partial charge in [-0.25, -0.2) is 0 Å². The fourth-order valence-electron chi connectivity index (χ4n) is 1.82. The Morgan fingerprint density at radius 2 is 2.10 bits per heavy atom. The second-order valence-corrected chi connectivity index (χ2v) is 4.75. The fraction of sp³-hybridized carbons (Fsp3) is 0.600. The zero-order chi connectivity index (χ0) is 15.0. The van der Waals surface area contributed by atoms with Gasteiger partial charge in [-0.15, -0.1) is 0 Å². The molecule has 0 saturated carbocycles. The molecule has 0 radical (unpaired) electrons. The van der Waals surface area contributed by atoms with Crippen LogP contribution in [0.25, 0.3) is 0 Å². The molecule has 20 heavy (non-hydrogen) atoms. The molecule has 0 aliphatic heterocycles. The summed E-state index contributed by atoms with van der Waals surface area (Å²) in [6.07, 6.45) is 1.89. The molecule has 5 heteroatoms. The number of carbonyl (C=O) groups is 1. The number of aromatic nitrogens is 1. The third-order valence-electron chi connectivity index (χ3n) is 2.91. The van der Waals surface area contributed by atoms with Gasteiger partial charge in [0.1, 0.15) is 5.69 Å². The highest BCUT2D eigenvalue weighted by atomic mass is 16.5. The maximum Gasteiger partial charge on any atom is 0.272 e. The first kappa shape index (κ1) is 16.4. The van der Waals surface area contributed by atoms with E-state index in [4.69, 9.17) is 4.74 Å². The van der Waals surface area contributed by atoms with E-state index in [-0.39, 0.29) is 12.0 Å². The van der Waals surface area contributed by atoms with Gasteiger partial charge < -0.3 is 15.0 Å². The second-order valence-electron chi connectivity index (χ2n) is 4.75. The number of ether oxygens (including phenoxy) is 1. The lowest BCUT2D eigenvalue weighted by atomic mass is 10.2. The molecule has 0 unspecified atom stereocenters. The van der Waals surface area contributed by atoms with Crippen molar-refractivity contribution in [1.29, 1.82) is 0 Å². The topological polar surface area (TPSA) is 54.5 Å². The quantitative estimate of drug-likeness (QED) is 0.742. The normalized spacial score (nSPS) is 10.7. The Morgan fingerprint density at radius 3 is 2.70 bits per heavy atom. The summed E-state index contributed by atoms with van der Waals surface area (Å²) in [7, 11) is 0. The summed E-state index contributed by atoms with van der Waals surface area (Å²) < 4.78 is 5.46. The fourth-order valence-corrected chi connectivity index (χ4v) is 1.82. The summed E-state index contributed by atoms with van der Waals surface area (Å²) in [6, 6.07) is 3.64. The van der Waals surface area contributed by atoms with Gasteiger partial charge in [0, 0.05) is 31.5 Å². The molecule has 1 amide bonds. The zero-order valence-corrected chi connectivity index (χ0v) is 12.8. The predicted molar refractivity (Wildman–Crippen MR) is 81.1 cm³/mol. The number of hydrogen-bond donors (Lipinski definition) is 1. The van der Waals surface area contributed by atoms with Gasteiger partial charge in [-0.05, 0) is 39.8 Å². The smallest absolute Gasteiger partial charge is 0.272 e. The lowest BCUT2D eigenvalue weighted by Crippen LogP contribution is -2.31. The van der Waals surface area contributed by atoms with Crippen molar-refractivity contribution in [3.8, 4) is 0 Å². The highest BCUT2D eigenvalue weighted by molar-refractivity contribution is 5.93. The third-order valence-corrected chi connectivity index (χ3v) is 2.91. The van der Waals surface area contributed by atoms with Gasteiger partial charge in [0.25, 0.3) is 5.91 Å². The van der Waals surface area contributed by atoms with Crippen LogP contribution < -0.4 is 5.32 Å². The standard InChI is InChI=1S/C15H25N3O2/c1-5-18(6-2)15(19)14-11-13(7-8-17-14)16-9-10-20-12(3)4/h7-8,11-12H,5-6,9-10H2,1-4H3,(H,16,17). The van der Waals surface area contributed by atoms with Crippen LogP contribution in [0.2, 0.25) is 0 Å². The summed E-state index contributed by atoms with van der Waals surface area (Å²) in [4.78, 5) is 18.1. The molecule has 5 nitrogen and oxygen atoms in total. The zero-order valence-electron chi connectivity index (χ0n) is 12.8. The van der Waals surface area contributed by atoms with Crippen molar-refractivity contribution in [1.82, 2.24) is 9.88 Å². The van der Waals surface area contributed by atoms with Gasteiger partial charge in [-0.1, -0.05) is 0 Å². The highest BCUT2D eigenvalue weighted by Gasteiger charge is 2.13. The van der Waals surface area contributed by atoms with Crippen LogP contribution in [0.5, 0.6) is 0 Å². The molecule has 0 atom stereocenters. The molecule has 0 fully saturated rings. The van der Waals surface area contributed by atoms with E-state index in [9.17, 15) is 4.79 Å². The first-order valence-corrected chi connectivity index (χ1v) is 7.19. The van der Waals surface area contributed by atoms with Crippen molar-refractivity contribution in [3.05, 3.63) is 24.0 Å². The van der Waals surface area contributed by atoms with E-state index >= 15 is 0 Å². The van der Waals surface area contributed by atoms with Crippen molar-refractivity contribution < 1.29 is 9.53 Å². The molecule has 0 saturated heterocycles. The number of nitrogens with zero attached hydrogens (tertiary/aromatic N) is 2. The summed E-state index contributed by atoms with van der Waals surface area (Å²) >= 11 is 0. The van der Waals surface area contributed by atoms with Crippen molar-refractivity contribution in [2.45, 2.75) is 33.8 Å². The number of amides is 1. The summed E-state index contributed by atoms with van der Waals surface area (Å²) in [5, 5.41) is 3.23. The van der Waals surface area contributed by atoms with E-state index in [1.807, 2.05) is 33.8 Å². The molecule has 1 aromatic heterocycles. The van der Waals surface area contributed by atoms with Crippen LogP contribution in [0.1, 0.15) is 38.2 Å². The monoisotopic (exact) mass is 279 g/mol. The Morgan fingerprint density at radius 1 is 1.40 bits per heavy atom.